The number of likely N-dealkylation sites (N-methyl/N-ethyl adjacent to an activating group) is 1. The van der Waals surface area contributed by atoms with Crippen LogP contribution in [0.2, 0.25) is 0 Å². The highest BCUT2D eigenvalue weighted by atomic mass is 32.1. The number of nitrogens with one attached hydrogen (secondary N) is 2. The average molecular weight is 368 g/mol. The number of rotatable bonds is 10. The summed E-state index contributed by atoms with van der Waals surface area (Å²) in [5.74, 6) is 1.29. The Balaban J connectivity index is 2.62. The number of carbonyl (C=O) groups is 1. The molecule has 25 heavy (non-hydrogen) atoms. The molecule has 1 amide bonds. The largest absolute Gasteiger partial charge is 0.356 e. The quantitative estimate of drug-likeness (QED) is 0.493. The zero-order chi connectivity index (χ0) is 18.7. The summed E-state index contributed by atoms with van der Waals surface area (Å²) in [5.41, 5.74) is 0. The molecular formula is C18H33N5OS. The Morgan fingerprint density at radius 2 is 2.12 bits per heavy atom. The number of carbonyl (C=O) groups excluding carboxylic acids is 1. The SMILES string of the molecule is CCCCC(CC)CNC(=NCC(=O)N(C)C)NCc1ncc(C)s1. The lowest BCUT2D eigenvalue weighted by Crippen LogP contribution is -2.40. The number of aromatic nitrogens is 1. The van der Waals surface area contributed by atoms with E-state index in [0.717, 1.165) is 18.0 Å². The summed E-state index contributed by atoms with van der Waals surface area (Å²) >= 11 is 1.67. The molecule has 0 fully saturated rings. The van der Waals surface area contributed by atoms with Gasteiger partial charge in [0.15, 0.2) is 5.96 Å². The summed E-state index contributed by atoms with van der Waals surface area (Å²) < 4.78 is 0. The van der Waals surface area contributed by atoms with E-state index in [0.29, 0.717) is 18.4 Å². The Morgan fingerprint density at radius 3 is 2.68 bits per heavy atom. The van der Waals surface area contributed by atoms with Gasteiger partial charge in [-0.25, -0.2) is 9.98 Å². The van der Waals surface area contributed by atoms with E-state index in [9.17, 15) is 4.79 Å². The Bertz CT molecular complexity index is 541. The van der Waals surface area contributed by atoms with Gasteiger partial charge in [-0.15, -0.1) is 11.3 Å². The van der Waals surface area contributed by atoms with E-state index >= 15 is 0 Å². The van der Waals surface area contributed by atoms with Gasteiger partial charge in [-0.3, -0.25) is 4.79 Å². The van der Waals surface area contributed by atoms with Crippen LogP contribution in [-0.2, 0) is 11.3 Å². The van der Waals surface area contributed by atoms with Gasteiger partial charge in [-0.2, -0.15) is 0 Å². The normalized spacial score (nSPS) is 12.8. The summed E-state index contributed by atoms with van der Waals surface area (Å²) in [6.07, 6.45) is 6.70. The third kappa shape index (κ3) is 8.86. The van der Waals surface area contributed by atoms with Crippen LogP contribution < -0.4 is 10.6 Å². The van der Waals surface area contributed by atoms with E-state index in [1.165, 1.54) is 24.1 Å². The standard InChI is InChI=1S/C18H33N5OS/c1-6-8-9-15(7-2)11-20-18(22-13-17(24)23(4)5)21-12-16-19-10-14(3)25-16/h10,15H,6-9,11-13H2,1-5H3,(H2,20,21,22). The number of aryl methyl sites for hydroxylation is 1. The highest BCUT2D eigenvalue weighted by Gasteiger charge is 2.09. The van der Waals surface area contributed by atoms with Gasteiger partial charge in [0.1, 0.15) is 11.6 Å². The molecule has 0 aliphatic heterocycles. The van der Waals surface area contributed by atoms with E-state index < -0.39 is 0 Å². The van der Waals surface area contributed by atoms with Gasteiger partial charge in [0, 0.05) is 31.7 Å². The van der Waals surface area contributed by atoms with Crippen LogP contribution in [0.5, 0.6) is 0 Å². The molecular weight excluding hydrogens is 334 g/mol. The molecule has 0 bridgehead atoms. The maximum atomic E-state index is 11.8. The van der Waals surface area contributed by atoms with Gasteiger partial charge >= 0.3 is 0 Å². The predicted molar refractivity (Wildman–Crippen MR) is 106 cm³/mol. The average Bonchev–Trinajstić information content (AvgIpc) is 3.01. The minimum absolute atomic E-state index is 0.00998. The van der Waals surface area contributed by atoms with E-state index in [-0.39, 0.29) is 12.5 Å². The Kier molecular flexibility index (Phi) is 10.1. The van der Waals surface area contributed by atoms with Crippen molar-refractivity contribution in [3.05, 3.63) is 16.1 Å². The number of aliphatic imine (C=N–C) groups is 1. The van der Waals surface area contributed by atoms with Crippen molar-refractivity contribution in [2.75, 3.05) is 27.2 Å². The van der Waals surface area contributed by atoms with Crippen LogP contribution in [0.4, 0.5) is 0 Å². The lowest BCUT2D eigenvalue weighted by molar-refractivity contribution is -0.127. The van der Waals surface area contributed by atoms with Gasteiger partial charge in [0.25, 0.3) is 0 Å². The molecule has 6 nitrogen and oxygen atoms in total. The molecule has 7 heteroatoms. The lowest BCUT2D eigenvalue weighted by atomic mass is 9.99. The van der Waals surface area contributed by atoms with Gasteiger partial charge in [0.2, 0.25) is 5.91 Å². The summed E-state index contributed by atoms with van der Waals surface area (Å²) in [6, 6.07) is 0. The molecule has 1 aromatic rings. The third-order valence-electron chi connectivity index (χ3n) is 4.05. The van der Waals surface area contributed by atoms with Crippen molar-refractivity contribution in [1.29, 1.82) is 0 Å². The van der Waals surface area contributed by atoms with E-state index in [1.807, 2.05) is 13.1 Å². The number of thiazole rings is 1. The number of nitrogens with zero attached hydrogens (tertiary/aromatic N) is 3. The van der Waals surface area contributed by atoms with Gasteiger partial charge in [-0.1, -0.05) is 33.1 Å². The first-order chi connectivity index (χ1) is 12.0. The number of amides is 1. The first-order valence-corrected chi connectivity index (χ1v) is 9.91. The molecule has 0 saturated carbocycles. The molecule has 2 N–H and O–H groups in total. The van der Waals surface area contributed by atoms with E-state index in [2.05, 4.69) is 34.5 Å². The minimum atomic E-state index is -0.00998. The van der Waals surface area contributed by atoms with E-state index in [1.54, 1.807) is 30.3 Å². The molecule has 142 valence electrons. The molecule has 0 spiro atoms. The molecule has 1 rings (SSSR count). The molecule has 1 aromatic heterocycles. The van der Waals surface area contributed by atoms with Crippen molar-refractivity contribution in [3.63, 3.8) is 0 Å². The zero-order valence-electron chi connectivity index (χ0n) is 16.3. The fourth-order valence-electron chi connectivity index (χ4n) is 2.29. The zero-order valence-corrected chi connectivity index (χ0v) is 17.1. The van der Waals surface area contributed by atoms with Crippen molar-refractivity contribution in [3.8, 4) is 0 Å². The van der Waals surface area contributed by atoms with Crippen LogP contribution in [0.1, 0.15) is 49.4 Å². The molecule has 0 saturated heterocycles. The minimum Gasteiger partial charge on any atom is -0.356 e. The molecule has 1 heterocycles. The third-order valence-corrected chi connectivity index (χ3v) is 4.96. The van der Waals surface area contributed by atoms with Gasteiger partial charge in [0.05, 0.1) is 6.54 Å². The molecule has 0 aliphatic carbocycles. The predicted octanol–water partition coefficient (Wildman–Crippen LogP) is 2.79. The molecule has 0 radical (unpaired) electrons. The smallest absolute Gasteiger partial charge is 0.243 e. The fourth-order valence-corrected chi connectivity index (χ4v) is 3.02. The maximum absolute atomic E-state index is 11.8. The summed E-state index contributed by atoms with van der Waals surface area (Å²) in [4.78, 5) is 23.4. The lowest BCUT2D eigenvalue weighted by Gasteiger charge is -2.18. The summed E-state index contributed by atoms with van der Waals surface area (Å²) in [7, 11) is 3.49. The van der Waals surface area contributed by atoms with Crippen molar-refractivity contribution in [2.24, 2.45) is 10.9 Å². The van der Waals surface area contributed by atoms with E-state index in [4.69, 9.17) is 0 Å². The second-order valence-electron chi connectivity index (χ2n) is 6.47. The van der Waals surface area contributed by atoms with Gasteiger partial charge < -0.3 is 15.5 Å². The van der Waals surface area contributed by atoms with Gasteiger partial charge in [-0.05, 0) is 19.3 Å². The molecule has 1 unspecified atom stereocenters. The number of unbranched alkanes of at least 4 members (excludes halogenated alkanes) is 1. The monoisotopic (exact) mass is 367 g/mol. The van der Waals surface area contributed by atoms with Crippen molar-refractivity contribution in [2.45, 2.75) is 53.0 Å². The highest BCUT2D eigenvalue weighted by molar-refractivity contribution is 7.11. The van der Waals surface area contributed by atoms with Crippen molar-refractivity contribution >= 4 is 23.2 Å². The number of hydrogen-bond donors (Lipinski definition) is 2. The van der Waals surface area contributed by atoms with Crippen LogP contribution in [-0.4, -0.2) is 48.9 Å². The topological polar surface area (TPSA) is 69.6 Å². The Hall–Kier alpha value is -1.63. The second kappa shape index (κ2) is 11.8. The Morgan fingerprint density at radius 1 is 1.36 bits per heavy atom. The van der Waals surface area contributed by atoms with Crippen LogP contribution in [0.25, 0.3) is 0 Å². The number of hydrogen-bond acceptors (Lipinski definition) is 4. The van der Waals surface area contributed by atoms with Crippen LogP contribution in [0, 0.1) is 12.8 Å². The van der Waals surface area contributed by atoms with Crippen molar-refractivity contribution < 1.29 is 4.79 Å². The summed E-state index contributed by atoms with van der Waals surface area (Å²) in [6.45, 7) is 8.12. The van der Waals surface area contributed by atoms with Crippen LogP contribution in [0.3, 0.4) is 0 Å². The van der Waals surface area contributed by atoms with Crippen LogP contribution in [0.15, 0.2) is 11.2 Å². The fraction of sp³-hybridized carbons (Fsp3) is 0.722. The Labute approximate surface area is 156 Å². The maximum Gasteiger partial charge on any atom is 0.243 e. The molecule has 0 aromatic carbocycles. The second-order valence-corrected chi connectivity index (χ2v) is 7.79. The molecule has 0 aliphatic rings. The number of guanidine groups is 1. The first kappa shape index (κ1) is 21.4. The summed E-state index contributed by atoms with van der Waals surface area (Å²) in [5, 5.41) is 7.71. The first-order valence-electron chi connectivity index (χ1n) is 9.09. The molecule has 1 atom stereocenters. The van der Waals surface area contributed by atoms with Crippen molar-refractivity contribution in [1.82, 2.24) is 20.5 Å². The highest BCUT2D eigenvalue weighted by Crippen LogP contribution is 2.12. The van der Waals surface area contributed by atoms with Crippen LogP contribution >= 0.6 is 11.3 Å².